The average molecular weight is 268 g/mol. The molecule has 4 heteroatoms. The van der Waals surface area contributed by atoms with Gasteiger partial charge in [0, 0.05) is 6.54 Å². The fraction of sp³-hybridized carbons (Fsp3) is 0.867. The van der Waals surface area contributed by atoms with Gasteiger partial charge in [-0.1, -0.05) is 41.0 Å². The van der Waals surface area contributed by atoms with Gasteiger partial charge < -0.3 is 10.2 Å². The van der Waals surface area contributed by atoms with E-state index in [1.807, 2.05) is 13.8 Å². The van der Waals surface area contributed by atoms with Crippen molar-refractivity contribution in [3.05, 3.63) is 0 Å². The second-order valence-corrected chi connectivity index (χ2v) is 6.01. The Balaban J connectivity index is 2.86. The van der Waals surface area contributed by atoms with E-state index in [1.54, 1.807) is 4.90 Å². The van der Waals surface area contributed by atoms with Crippen LogP contribution in [0.3, 0.4) is 0 Å². The Morgan fingerprint density at radius 1 is 1.21 bits per heavy atom. The molecule has 1 rings (SSSR count). The third-order valence-electron chi connectivity index (χ3n) is 4.07. The van der Waals surface area contributed by atoms with Crippen LogP contribution in [-0.2, 0) is 9.59 Å². The van der Waals surface area contributed by atoms with Crippen LogP contribution in [0, 0.1) is 11.8 Å². The summed E-state index contributed by atoms with van der Waals surface area (Å²) < 4.78 is 0. The summed E-state index contributed by atoms with van der Waals surface area (Å²) in [5, 5.41) is 2.91. The Bertz CT molecular complexity index is 328. The molecule has 0 aromatic rings. The Hall–Kier alpha value is -1.06. The smallest absolute Gasteiger partial charge is 0.246 e. The van der Waals surface area contributed by atoms with Gasteiger partial charge in [-0.25, -0.2) is 0 Å². The molecule has 0 aliphatic carbocycles. The molecule has 0 aromatic carbocycles. The Morgan fingerprint density at radius 3 is 2.32 bits per heavy atom. The topological polar surface area (TPSA) is 49.4 Å². The van der Waals surface area contributed by atoms with Crippen LogP contribution >= 0.6 is 0 Å². The van der Waals surface area contributed by atoms with Gasteiger partial charge in [-0.2, -0.15) is 0 Å². The molecule has 4 nitrogen and oxygen atoms in total. The first kappa shape index (κ1) is 16.0. The summed E-state index contributed by atoms with van der Waals surface area (Å²) in [6.45, 7) is 11.0. The van der Waals surface area contributed by atoms with Gasteiger partial charge >= 0.3 is 0 Å². The number of carbonyl (C=O) groups excluding carboxylic acids is 2. The van der Waals surface area contributed by atoms with Crippen LogP contribution in [0.15, 0.2) is 0 Å². The van der Waals surface area contributed by atoms with E-state index in [2.05, 4.69) is 26.1 Å². The lowest BCUT2D eigenvalue weighted by atomic mass is 9.93. The van der Waals surface area contributed by atoms with Crippen molar-refractivity contribution in [2.45, 2.75) is 66.0 Å². The lowest BCUT2D eigenvalue weighted by molar-refractivity contribution is -0.151. The zero-order chi connectivity index (χ0) is 14.6. The molecule has 1 saturated heterocycles. The highest BCUT2D eigenvalue weighted by Crippen LogP contribution is 2.20. The zero-order valence-corrected chi connectivity index (χ0v) is 12.9. The molecule has 2 amide bonds. The number of hydrogen-bond acceptors (Lipinski definition) is 2. The van der Waals surface area contributed by atoms with Crippen molar-refractivity contribution in [1.29, 1.82) is 0 Å². The highest BCUT2D eigenvalue weighted by Gasteiger charge is 2.40. The lowest BCUT2D eigenvalue weighted by Crippen LogP contribution is -2.64. The summed E-state index contributed by atoms with van der Waals surface area (Å²) >= 11 is 0. The van der Waals surface area contributed by atoms with Crippen molar-refractivity contribution in [3.8, 4) is 0 Å². The molecule has 1 heterocycles. The molecule has 1 aliphatic heterocycles. The molecular weight excluding hydrogens is 240 g/mol. The molecule has 19 heavy (non-hydrogen) atoms. The van der Waals surface area contributed by atoms with E-state index in [9.17, 15) is 9.59 Å². The van der Waals surface area contributed by atoms with Crippen LogP contribution in [-0.4, -0.2) is 35.3 Å². The van der Waals surface area contributed by atoms with E-state index in [0.717, 1.165) is 12.8 Å². The quantitative estimate of drug-likeness (QED) is 0.802. The van der Waals surface area contributed by atoms with Crippen molar-refractivity contribution in [3.63, 3.8) is 0 Å². The maximum absolute atomic E-state index is 12.6. The molecular formula is C15H28N2O2. The number of carbonyl (C=O) groups is 2. The maximum atomic E-state index is 12.6. The van der Waals surface area contributed by atoms with Gasteiger partial charge in [0.2, 0.25) is 11.8 Å². The number of rotatable bonds is 6. The molecule has 0 bridgehead atoms. The molecule has 3 unspecified atom stereocenters. The van der Waals surface area contributed by atoms with Gasteiger partial charge in [0.25, 0.3) is 0 Å². The fourth-order valence-corrected chi connectivity index (χ4v) is 2.48. The van der Waals surface area contributed by atoms with E-state index >= 15 is 0 Å². The number of amides is 2. The molecule has 0 spiro atoms. The number of nitrogens with zero attached hydrogens (tertiary/aromatic N) is 1. The van der Waals surface area contributed by atoms with Gasteiger partial charge in [0.15, 0.2) is 0 Å². The summed E-state index contributed by atoms with van der Waals surface area (Å²) in [6, 6.07) is -0.626. The number of hydrogen-bond donors (Lipinski definition) is 1. The van der Waals surface area contributed by atoms with E-state index in [0.29, 0.717) is 18.9 Å². The molecule has 0 radical (unpaired) electrons. The first-order valence-electron chi connectivity index (χ1n) is 7.53. The first-order chi connectivity index (χ1) is 8.92. The highest BCUT2D eigenvalue weighted by atomic mass is 16.2. The lowest BCUT2D eigenvalue weighted by Gasteiger charge is -2.40. The second-order valence-electron chi connectivity index (χ2n) is 6.01. The van der Waals surface area contributed by atoms with E-state index < -0.39 is 0 Å². The first-order valence-corrected chi connectivity index (χ1v) is 7.53. The van der Waals surface area contributed by atoms with E-state index in [1.165, 1.54) is 0 Å². The standard InChI is InChI=1S/C15H28N2O2/c1-6-11(5)13-15(19)17(9-8-10(3)4)12(7-2)14(18)16-13/h10-13H,6-9H2,1-5H3,(H,16,18). The second kappa shape index (κ2) is 6.92. The zero-order valence-electron chi connectivity index (χ0n) is 12.9. The van der Waals surface area contributed by atoms with Gasteiger partial charge in [-0.05, 0) is 24.7 Å². The van der Waals surface area contributed by atoms with Crippen LogP contribution in [0.25, 0.3) is 0 Å². The minimum Gasteiger partial charge on any atom is -0.342 e. The summed E-state index contributed by atoms with van der Waals surface area (Å²) in [7, 11) is 0. The Labute approximate surface area is 116 Å². The predicted octanol–water partition coefficient (Wildman–Crippen LogP) is 2.18. The Morgan fingerprint density at radius 2 is 1.84 bits per heavy atom. The molecule has 3 atom stereocenters. The summed E-state index contributed by atoms with van der Waals surface area (Å²) in [4.78, 5) is 26.5. The normalized spacial score (nSPS) is 25.7. The maximum Gasteiger partial charge on any atom is 0.246 e. The van der Waals surface area contributed by atoms with Gasteiger partial charge in [-0.3, -0.25) is 9.59 Å². The minimum absolute atomic E-state index is 0.0103. The van der Waals surface area contributed by atoms with Crippen LogP contribution in [0.2, 0.25) is 0 Å². The van der Waals surface area contributed by atoms with Crippen LogP contribution in [0.1, 0.15) is 53.9 Å². The molecule has 0 aromatic heterocycles. The van der Waals surface area contributed by atoms with E-state index in [-0.39, 0.29) is 29.8 Å². The molecule has 1 N–H and O–H groups in total. The number of nitrogens with one attached hydrogen (secondary N) is 1. The molecule has 110 valence electrons. The third-order valence-corrected chi connectivity index (χ3v) is 4.07. The molecule has 1 aliphatic rings. The van der Waals surface area contributed by atoms with Crippen molar-refractivity contribution in [2.24, 2.45) is 11.8 Å². The van der Waals surface area contributed by atoms with Crippen molar-refractivity contribution >= 4 is 11.8 Å². The average Bonchev–Trinajstić information content (AvgIpc) is 2.37. The van der Waals surface area contributed by atoms with Crippen LogP contribution in [0.5, 0.6) is 0 Å². The van der Waals surface area contributed by atoms with Gasteiger partial charge in [0.05, 0.1) is 0 Å². The van der Waals surface area contributed by atoms with Crippen LogP contribution < -0.4 is 5.32 Å². The van der Waals surface area contributed by atoms with Crippen molar-refractivity contribution in [2.75, 3.05) is 6.54 Å². The summed E-state index contributed by atoms with van der Waals surface area (Å²) in [5.41, 5.74) is 0. The largest absolute Gasteiger partial charge is 0.342 e. The van der Waals surface area contributed by atoms with Gasteiger partial charge in [0.1, 0.15) is 12.1 Å². The van der Waals surface area contributed by atoms with Crippen molar-refractivity contribution in [1.82, 2.24) is 10.2 Å². The Kier molecular flexibility index (Phi) is 5.83. The molecule has 1 fully saturated rings. The fourth-order valence-electron chi connectivity index (χ4n) is 2.48. The SMILES string of the molecule is CCC(C)C1NC(=O)C(CC)N(CCC(C)C)C1=O. The molecule has 0 saturated carbocycles. The predicted molar refractivity (Wildman–Crippen MR) is 76.6 cm³/mol. The van der Waals surface area contributed by atoms with Crippen molar-refractivity contribution < 1.29 is 9.59 Å². The highest BCUT2D eigenvalue weighted by molar-refractivity contribution is 5.97. The van der Waals surface area contributed by atoms with E-state index in [4.69, 9.17) is 0 Å². The minimum atomic E-state index is -0.340. The van der Waals surface area contributed by atoms with Gasteiger partial charge in [-0.15, -0.1) is 0 Å². The summed E-state index contributed by atoms with van der Waals surface area (Å²) in [6.07, 6.45) is 2.52. The van der Waals surface area contributed by atoms with Crippen LogP contribution in [0.4, 0.5) is 0 Å². The summed E-state index contributed by atoms with van der Waals surface area (Å²) in [5.74, 6) is 0.839. The monoisotopic (exact) mass is 268 g/mol. The third kappa shape index (κ3) is 3.71. The number of piperazine rings is 1.